The number of benzene rings is 2. The molecule has 2 aromatic carbocycles. The molecule has 3 rings (SSSR count). The van der Waals surface area contributed by atoms with Crippen LogP contribution in [0.3, 0.4) is 0 Å². The van der Waals surface area contributed by atoms with E-state index in [9.17, 15) is 9.18 Å². The molecule has 0 spiro atoms. The molecule has 0 fully saturated rings. The molecule has 3 aromatic rings. The molecule has 0 atom stereocenters. The number of carbonyl (C=O) groups excluding carboxylic acids is 1. The smallest absolute Gasteiger partial charge is 0.170 e. The minimum atomic E-state index is -0.331. The molecule has 7 heteroatoms. The number of halogens is 1. The van der Waals surface area contributed by atoms with Crippen LogP contribution in [0.1, 0.15) is 34.8 Å². The molecule has 0 amide bonds. The van der Waals surface area contributed by atoms with Crippen LogP contribution in [-0.4, -0.2) is 22.6 Å². The van der Waals surface area contributed by atoms with Gasteiger partial charge in [0.15, 0.2) is 5.78 Å². The van der Waals surface area contributed by atoms with E-state index in [0.29, 0.717) is 40.2 Å². The Morgan fingerprint density at radius 3 is 2.57 bits per heavy atom. The van der Waals surface area contributed by atoms with Gasteiger partial charge in [-0.05, 0) is 24.1 Å². The predicted molar refractivity (Wildman–Crippen MR) is 105 cm³/mol. The summed E-state index contributed by atoms with van der Waals surface area (Å²) in [6.07, 6.45) is 0.158. The SMILES string of the molecule is CC(C)COc1cc(OCc2ccccc2F)cc(C(=O)Cc2nncs2)c1. The molecule has 1 heterocycles. The second kappa shape index (κ2) is 9.41. The van der Waals surface area contributed by atoms with E-state index in [1.165, 1.54) is 17.4 Å². The molecular formula is C21H21FN2O3S. The van der Waals surface area contributed by atoms with Gasteiger partial charge >= 0.3 is 0 Å². The lowest BCUT2D eigenvalue weighted by atomic mass is 10.1. The van der Waals surface area contributed by atoms with Crippen molar-refractivity contribution in [2.45, 2.75) is 26.9 Å². The minimum absolute atomic E-state index is 0.0599. The number of ketones is 1. The number of ether oxygens (including phenoxy) is 2. The molecule has 0 bridgehead atoms. The van der Waals surface area contributed by atoms with Crippen molar-refractivity contribution in [1.29, 1.82) is 0 Å². The number of Topliss-reactive ketones (excluding diaryl/α,β-unsaturated/α-hetero) is 1. The van der Waals surface area contributed by atoms with Gasteiger partial charge in [0.1, 0.15) is 34.4 Å². The van der Waals surface area contributed by atoms with Crippen LogP contribution in [0.4, 0.5) is 4.39 Å². The zero-order valence-electron chi connectivity index (χ0n) is 15.7. The summed E-state index contributed by atoms with van der Waals surface area (Å²) in [5, 5.41) is 8.32. The molecule has 0 aliphatic rings. The summed E-state index contributed by atoms with van der Waals surface area (Å²) in [5.41, 5.74) is 2.49. The van der Waals surface area contributed by atoms with Crippen molar-refractivity contribution < 1.29 is 18.7 Å². The molecule has 5 nitrogen and oxygen atoms in total. The normalized spacial score (nSPS) is 10.9. The van der Waals surface area contributed by atoms with Crippen LogP contribution in [-0.2, 0) is 13.0 Å². The zero-order valence-corrected chi connectivity index (χ0v) is 16.5. The van der Waals surface area contributed by atoms with Crippen LogP contribution in [0.25, 0.3) is 0 Å². The maximum atomic E-state index is 13.8. The molecule has 146 valence electrons. The fourth-order valence-corrected chi connectivity index (χ4v) is 2.98. The standard InChI is InChI=1S/C21H21FN2O3S/c1-14(2)11-26-17-7-16(20(25)10-21-24-23-13-28-21)8-18(9-17)27-12-15-5-3-4-6-19(15)22/h3-9,13-14H,10-12H2,1-2H3. The van der Waals surface area contributed by atoms with Gasteiger partial charge in [-0.2, -0.15) is 0 Å². The molecule has 0 N–H and O–H groups in total. The first kappa shape index (κ1) is 19.9. The monoisotopic (exact) mass is 400 g/mol. The second-order valence-corrected chi connectivity index (χ2v) is 7.63. The highest BCUT2D eigenvalue weighted by molar-refractivity contribution is 7.09. The van der Waals surface area contributed by atoms with Gasteiger partial charge in [-0.3, -0.25) is 4.79 Å². The van der Waals surface area contributed by atoms with Gasteiger partial charge < -0.3 is 9.47 Å². The van der Waals surface area contributed by atoms with Crippen LogP contribution in [0.15, 0.2) is 48.0 Å². The molecule has 0 aliphatic carbocycles. The Labute approximate surface area is 167 Å². The van der Waals surface area contributed by atoms with Crippen molar-refractivity contribution in [3.63, 3.8) is 0 Å². The highest BCUT2D eigenvalue weighted by Gasteiger charge is 2.14. The molecule has 0 saturated carbocycles. The first-order valence-electron chi connectivity index (χ1n) is 8.93. The number of carbonyl (C=O) groups is 1. The Morgan fingerprint density at radius 1 is 1.14 bits per heavy atom. The van der Waals surface area contributed by atoms with E-state index in [4.69, 9.17) is 9.47 Å². The first-order chi connectivity index (χ1) is 13.5. The van der Waals surface area contributed by atoms with Gasteiger partial charge in [0, 0.05) is 17.2 Å². The molecule has 1 aromatic heterocycles. The topological polar surface area (TPSA) is 61.3 Å². The van der Waals surface area contributed by atoms with Crippen molar-refractivity contribution in [3.05, 3.63) is 69.9 Å². The second-order valence-electron chi connectivity index (χ2n) is 6.71. The molecule has 0 saturated heterocycles. The number of hydrogen-bond donors (Lipinski definition) is 0. The van der Waals surface area contributed by atoms with Crippen molar-refractivity contribution in [3.8, 4) is 11.5 Å². The summed E-state index contributed by atoms with van der Waals surface area (Å²) in [6.45, 7) is 4.66. The minimum Gasteiger partial charge on any atom is -0.493 e. The predicted octanol–water partition coefficient (Wildman–Crippen LogP) is 4.72. The zero-order chi connectivity index (χ0) is 19.9. The van der Waals surface area contributed by atoms with Crippen molar-refractivity contribution in [2.75, 3.05) is 6.61 Å². The summed E-state index contributed by atoms with van der Waals surface area (Å²) in [5.74, 6) is 0.888. The maximum Gasteiger partial charge on any atom is 0.170 e. The lowest BCUT2D eigenvalue weighted by Crippen LogP contribution is -2.08. The highest BCUT2D eigenvalue weighted by atomic mass is 32.1. The first-order valence-corrected chi connectivity index (χ1v) is 9.81. The van der Waals surface area contributed by atoms with E-state index in [1.54, 1.807) is 41.9 Å². The van der Waals surface area contributed by atoms with E-state index in [2.05, 4.69) is 10.2 Å². The van der Waals surface area contributed by atoms with Crippen LogP contribution in [0.5, 0.6) is 11.5 Å². The number of nitrogens with zero attached hydrogens (tertiary/aromatic N) is 2. The van der Waals surface area contributed by atoms with Crippen molar-refractivity contribution in [1.82, 2.24) is 10.2 Å². The van der Waals surface area contributed by atoms with Crippen molar-refractivity contribution >= 4 is 17.1 Å². The Morgan fingerprint density at radius 2 is 1.89 bits per heavy atom. The Balaban J connectivity index is 1.80. The van der Waals surface area contributed by atoms with Gasteiger partial charge in [0.2, 0.25) is 0 Å². The Bertz CT molecular complexity index is 929. The third kappa shape index (κ3) is 5.60. The van der Waals surface area contributed by atoms with Gasteiger partial charge in [-0.1, -0.05) is 32.0 Å². The summed E-state index contributed by atoms with van der Waals surface area (Å²) in [6, 6.07) is 11.5. The maximum absolute atomic E-state index is 13.8. The van der Waals surface area contributed by atoms with Gasteiger partial charge in [-0.15, -0.1) is 21.5 Å². The summed E-state index contributed by atoms with van der Waals surface area (Å²) in [4.78, 5) is 12.7. The quantitative estimate of drug-likeness (QED) is 0.487. The molecule has 0 aliphatic heterocycles. The van der Waals surface area contributed by atoms with Crippen LogP contribution in [0.2, 0.25) is 0 Å². The number of hydrogen-bond acceptors (Lipinski definition) is 6. The molecule has 0 unspecified atom stereocenters. The fraction of sp³-hybridized carbons (Fsp3) is 0.286. The summed E-state index contributed by atoms with van der Waals surface area (Å²) >= 11 is 1.33. The Hall–Kier alpha value is -2.80. The van der Waals surface area contributed by atoms with Crippen molar-refractivity contribution in [2.24, 2.45) is 5.92 Å². The van der Waals surface area contributed by atoms with E-state index in [1.807, 2.05) is 13.8 Å². The molecular weight excluding hydrogens is 379 g/mol. The summed E-state index contributed by atoms with van der Waals surface area (Å²) < 4.78 is 25.4. The average molecular weight is 400 g/mol. The van der Waals surface area contributed by atoms with E-state index in [0.717, 1.165) is 0 Å². The van der Waals surface area contributed by atoms with E-state index >= 15 is 0 Å². The lowest BCUT2D eigenvalue weighted by molar-refractivity contribution is 0.0991. The van der Waals surface area contributed by atoms with E-state index < -0.39 is 0 Å². The van der Waals surface area contributed by atoms with Gasteiger partial charge in [0.05, 0.1) is 13.0 Å². The largest absolute Gasteiger partial charge is 0.493 e. The number of rotatable bonds is 9. The average Bonchev–Trinajstić information content (AvgIpc) is 3.18. The Kier molecular flexibility index (Phi) is 6.71. The molecule has 28 heavy (non-hydrogen) atoms. The van der Waals surface area contributed by atoms with Crippen LogP contribution < -0.4 is 9.47 Å². The van der Waals surface area contributed by atoms with Gasteiger partial charge in [0.25, 0.3) is 0 Å². The number of aromatic nitrogens is 2. The van der Waals surface area contributed by atoms with Crippen LogP contribution >= 0.6 is 11.3 Å². The third-order valence-corrected chi connectivity index (χ3v) is 4.55. The lowest BCUT2D eigenvalue weighted by Gasteiger charge is -2.13. The highest BCUT2D eigenvalue weighted by Crippen LogP contribution is 2.26. The fourth-order valence-electron chi connectivity index (χ4n) is 2.45. The van der Waals surface area contributed by atoms with E-state index in [-0.39, 0.29) is 24.6 Å². The molecule has 0 radical (unpaired) electrons. The summed E-state index contributed by atoms with van der Waals surface area (Å²) in [7, 11) is 0. The van der Waals surface area contributed by atoms with Crippen LogP contribution in [0, 0.1) is 11.7 Å². The third-order valence-electron chi connectivity index (χ3n) is 3.85. The van der Waals surface area contributed by atoms with Gasteiger partial charge in [-0.25, -0.2) is 4.39 Å².